The number of rotatable bonds is 6. The molecule has 0 heterocycles. The van der Waals surface area contributed by atoms with E-state index in [0.717, 1.165) is 18.4 Å². The Balaban J connectivity index is 3.06. The van der Waals surface area contributed by atoms with Crippen molar-refractivity contribution in [2.75, 3.05) is 0 Å². The standard InChI is InChI=1S/C15H24N2O/c1-5-11(3)17-15(4,14(16)18)13-9-7-12(6-2)8-10-13/h7-11,17H,5-6H2,1-4H3,(H2,16,18). The predicted molar refractivity (Wildman–Crippen MR) is 75.3 cm³/mol. The second-order valence-electron chi connectivity index (χ2n) is 4.99. The highest BCUT2D eigenvalue weighted by molar-refractivity contribution is 5.85. The van der Waals surface area contributed by atoms with Gasteiger partial charge in [0.1, 0.15) is 5.54 Å². The highest BCUT2D eigenvalue weighted by Gasteiger charge is 2.33. The predicted octanol–water partition coefficient (Wildman–Crippen LogP) is 2.34. The lowest BCUT2D eigenvalue weighted by atomic mass is 9.89. The summed E-state index contributed by atoms with van der Waals surface area (Å²) in [5, 5.41) is 3.32. The fourth-order valence-electron chi connectivity index (χ4n) is 1.97. The molecule has 0 bridgehead atoms. The van der Waals surface area contributed by atoms with Crippen LogP contribution in [0, 0.1) is 0 Å². The van der Waals surface area contributed by atoms with Gasteiger partial charge in [-0.05, 0) is 37.8 Å². The van der Waals surface area contributed by atoms with Gasteiger partial charge in [-0.25, -0.2) is 0 Å². The van der Waals surface area contributed by atoms with Gasteiger partial charge in [0.15, 0.2) is 0 Å². The molecule has 1 rings (SSSR count). The minimum atomic E-state index is -0.804. The molecule has 0 aliphatic rings. The van der Waals surface area contributed by atoms with Crippen LogP contribution in [-0.2, 0) is 16.8 Å². The van der Waals surface area contributed by atoms with Crippen LogP contribution in [-0.4, -0.2) is 11.9 Å². The molecule has 0 radical (unpaired) electrons. The fraction of sp³-hybridized carbons (Fsp3) is 0.533. The Bertz CT molecular complexity index is 399. The van der Waals surface area contributed by atoms with Crippen LogP contribution in [0.4, 0.5) is 0 Å². The van der Waals surface area contributed by atoms with Crippen LogP contribution in [0.2, 0.25) is 0 Å². The van der Waals surface area contributed by atoms with Gasteiger partial charge in [-0.2, -0.15) is 0 Å². The summed E-state index contributed by atoms with van der Waals surface area (Å²) in [6.07, 6.45) is 1.95. The molecule has 0 aromatic heterocycles. The number of aryl methyl sites for hydroxylation is 1. The average molecular weight is 248 g/mol. The minimum Gasteiger partial charge on any atom is -0.368 e. The molecular formula is C15H24N2O. The lowest BCUT2D eigenvalue weighted by Gasteiger charge is -2.31. The van der Waals surface area contributed by atoms with E-state index in [0.29, 0.717) is 0 Å². The summed E-state index contributed by atoms with van der Waals surface area (Å²) in [4.78, 5) is 11.8. The molecule has 0 saturated carbocycles. The maximum atomic E-state index is 11.8. The Labute approximate surface area is 110 Å². The maximum absolute atomic E-state index is 11.8. The molecule has 3 heteroatoms. The first-order valence-electron chi connectivity index (χ1n) is 6.61. The maximum Gasteiger partial charge on any atom is 0.242 e. The zero-order valence-electron chi connectivity index (χ0n) is 11.8. The summed E-state index contributed by atoms with van der Waals surface area (Å²) in [6.45, 7) is 8.10. The monoisotopic (exact) mass is 248 g/mol. The third-order valence-electron chi connectivity index (χ3n) is 3.58. The Morgan fingerprint density at radius 1 is 1.33 bits per heavy atom. The van der Waals surface area contributed by atoms with Gasteiger partial charge in [0.05, 0.1) is 0 Å². The van der Waals surface area contributed by atoms with E-state index in [9.17, 15) is 4.79 Å². The van der Waals surface area contributed by atoms with Gasteiger partial charge in [0, 0.05) is 6.04 Å². The van der Waals surface area contributed by atoms with Crippen LogP contribution >= 0.6 is 0 Å². The summed E-state index contributed by atoms with van der Waals surface area (Å²) < 4.78 is 0. The lowest BCUT2D eigenvalue weighted by molar-refractivity contribution is -0.124. The van der Waals surface area contributed by atoms with Gasteiger partial charge in [0.2, 0.25) is 5.91 Å². The van der Waals surface area contributed by atoms with Crippen LogP contribution in [0.5, 0.6) is 0 Å². The number of hydrogen-bond acceptors (Lipinski definition) is 2. The number of carbonyl (C=O) groups excluding carboxylic acids is 1. The largest absolute Gasteiger partial charge is 0.368 e. The second kappa shape index (κ2) is 6.01. The first-order valence-corrected chi connectivity index (χ1v) is 6.61. The van der Waals surface area contributed by atoms with Crippen LogP contribution in [0.15, 0.2) is 24.3 Å². The third-order valence-corrected chi connectivity index (χ3v) is 3.58. The normalized spacial score (nSPS) is 16.0. The third kappa shape index (κ3) is 3.10. The van der Waals surface area contributed by atoms with Crippen LogP contribution < -0.4 is 11.1 Å². The van der Waals surface area contributed by atoms with E-state index in [1.807, 2.05) is 19.1 Å². The van der Waals surface area contributed by atoms with E-state index in [-0.39, 0.29) is 11.9 Å². The van der Waals surface area contributed by atoms with Crippen molar-refractivity contribution in [3.05, 3.63) is 35.4 Å². The highest BCUT2D eigenvalue weighted by atomic mass is 16.1. The van der Waals surface area contributed by atoms with Gasteiger partial charge in [-0.3, -0.25) is 10.1 Å². The summed E-state index contributed by atoms with van der Waals surface area (Å²) in [5.41, 5.74) is 6.95. The Morgan fingerprint density at radius 3 is 2.28 bits per heavy atom. The first kappa shape index (κ1) is 14.7. The quantitative estimate of drug-likeness (QED) is 0.812. The summed E-state index contributed by atoms with van der Waals surface area (Å²) in [6, 6.07) is 8.31. The van der Waals surface area contributed by atoms with Crippen LogP contribution in [0.1, 0.15) is 45.2 Å². The van der Waals surface area contributed by atoms with E-state index >= 15 is 0 Å². The molecule has 2 unspecified atom stereocenters. The molecule has 3 N–H and O–H groups in total. The van der Waals surface area contributed by atoms with Crippen molar-refractivity contribution in [3.63, 3.8) is 0 Å². The van der Waals surface area contributed by atoms with Crippen molar-refractivity contribution in [1.82, 2.24) is 5.32 Å². The van der Waals surface area contributed by atoms with Gasteiger partial charge in [-0.15, -0.1) is 0 Å². The SMILES string of the molecule is CCc1ccc(C(C)(NC(C)CC)C(N)=O)cc1. The fourth-order valence-corrected chi connectivity index (χ4v) is 1.97. The molecule has 18 heavy (non-hydrogen) atoms. The summed E-state index contributed by atoms with van der Waals surface area (Å²) >= 11 is 0. The van der Waals surface area contributed by atoms with Crippen molar-refractivity contribution < 1.29 is 4.79 Å². The van der Waals surface area contributed by atoms with E-state index in [4.69, 9.17) is 5.73 Å². The molecule has 2 atom stereocenters. The van der Waals surface area contributed by atoms with Crippen molar-refractivity contribution in [2.24, 2.45) is 5.73 Å². The number of primary amides is 1. The molecule has 0 saturated heterocycles. The van der Waals surface area contributed by atoms with E-state index < -0.39 is 5.54 Å². The molecule has 0 aliphatic carbocycles. The van der Waals surface area contributed by atoms with Gasteiger partial charge in [-0.1, -0.05) is 38.1 Å². The van der Waals surface area contributed by atoms with Crippen molar-refractivity contribution >= 4 is 5.91 Å². The molecule has 0 fully saturated rings. The smallest absolute Gasteiger partial charge is 0.242 e. The summed E-state index contributed by atoms with van der Waals surface area (Å²) in [7, 11) is 0. The van der Waals surface area contributed by atoms with E-state index in [2.05, 4.69) is 38.2 Å². The highest BCUT2D eigenvalue weighted by Crippen LogP contribution is 2.22. The van der Waals surface area contributed by atoms with Crippen molar-refractivity contribution in [3.8, 4) is 0 Å². The molecule has 1 amide bonds. The second-order valence-corrected chi connectivity index (χ2v) is 4.99. The number of benzene rings is 1. The van der Waals surface area contributed by atoms with Crippen LogP contribution in [0.3, 0.4) is 0 Å². The molecule has 3 nitrogen and oxygen atoms in total. The van der Waals surface area contributed by atoms with E-state index in [1.165, 1.54) is 5.56 Å². The topological polar surface area (TPSA) is 55.1 Å². The van der Waals surface area contributed by atoms with Crippen molar-refractivity contribution in [2.45, 2.75) is 52.1 Å². The molecule has 0 spiro atoms. The molecule has 100 valence electrons. The number of nitrogens with one attached hydrogen (secondary N) is 1. The molecule has 1 aromatic rings. The van der Waals surface area contributed by atoms with Gasteiger partial charge >= 0.3 is 0 Å². The molecule has 0 aliphatic heterocycles. The Kier molecular flexibility index (Phi) is 4.91. The van der Waals surface area contributed by atoms with Crippen molar-refractivity contribution in [1.29, 1.82) is 0 Å². The number of amides is 1. The number of nitrogens with two attached hydrogens (primary N) is 1. The Morgan fingerprint density at radius 2 is 1.89 bits per heavy atom. The zero-order valence-corrected chi connectivity index (χ0v) is 11.8. The van der Waals surface area contributed by atoms with Crippen LogP contribution in [0.25, 0.3) is 0 Å². The number of carbonyl (C=O) groups is 1. The van der Waals surface area contributed by atoms with E-state index in [1.54, 1.807) is 0 Å². The lowest BCUT2D eigenvalue weighted by Crippen LogP contribution is -2.53. The number of hydrogen-bond donors (Lipinski definition) is 2. The Hall–Kier alpha value is -1.35. The average Bonchev–Trinajstić information content (AvgIpc) is 2.38. The minimum absolute atomic E-state index is 0.244. The molecular weight excluding hydrogens is 224 g/mol. The van der Waals surface area contributed by atoms with Gasteiger partial charge < -0.3 is 5.73 Å². The first-order chi connectivity index (χ1) is 8.43. The van der Waals surface area contributed by atoms with Gasteiger partial charge in [0.25, 0.3) is 0 Å². The molecule has 1 aromatic carbocycles. The zero-order chi connectivity index (χ0) is 13.8. The summed E-state index contributed by atoms with van der Waals surface area (Å²) in [5.74, 6) is -0.341.